The summed E-state index contributed by atoms with van der Waals surface area (Å²) in [6.07, 6.45) is 0. The summed E-state index contributed by atoms with van der Waals surface area (Å²) < 4.78 is 18.5. The Morgan fingerprint density at radius 2 is 2.08 bits per heavy atom. The Labute approximate surface area is 151 Å². The molecular weight excluding hydrogens is 335 g/mol. The molecular formula is C20H19FN2O3. The molecule has 2 aromatic rings. The lowest BCUT2D eigenvalue weighted by Gasteiger charge is -2.52. The van der Waals surface area contributed by atoms with Gasteiger partial charge in [-0.1, -0.05) is 36.4 Å². The number of nitrogens with zero attached hydrogens (tertiary/aromatic N) is 2. The fraction of sp³-hybridized carbons (Fsp3) is 0.300. The van der Waals surface area contributed by atoms with Gasteiger partial charge in [-0.05, 0) is 28.8 Å². The second-order valence-electron chi connectivity index (χ2n) is 6.18. The highest BCUT2D eigenvalue weighted by Crippen LogP contribution is 2.44. The summed E-state index contributed by atoms with van der Waals surface area (Å²) in [6.45, 7) is -0.414. The van der Waals surface area contributed by atoms with E-state index in [-0.39, 0.29) is 30.9 Å². The number of ether oxygens (including phenoxy) is 1. The molecule has 0 bridgehead atoms. The Morgan fingerprint density at radius 3 is 2.73 bits per heavy atom. The first-order valence-electron chi connectivity index (χ1n) is 8.27. The average molecular weight is 354 g/mol. The Hall–Kier alpha value is -2.75. The summed E-state index contributed by atoms with van der Waals surface area (Å²) in [7, 11) is 1.41. The second-order valence-corrected chi connectivity index (χ2v) is 6.18. The fourth-order valence-corrected chi connectivity index (χ4v) is 3.63. The number of nitriles is 1. The van der Waals surface area contributed by atoms with Crippen LogP contribution in [-0.4, -0.2) is 48.3 Å². The van der Waals surface area contributed by atoms with Crippen molar-refractivity contribution >= 4 is 5.91 Å². The van der Waals surface area contributed by atoms with Crippen LogP contribution >= 0.6 is 0 Å². The molecule has 0 saturated carbocycles. The lowest BCUT2D eigenvalue weighted by Crippen LogP contribution is -2.66. The molecule has 0 radical (unpaired) electrons. The highest BCUT2D eigenvalue weighted by atomic mass is 19.1. The van der Waals surface area contributed by atoms with Gasteiger partial charge in [0.25, 0.3) is 0 Å². The minimum atomic E-state index is -0.704. The van der Waals surface area contributed by atoms with Gasteiger partial charge in [-0.3, -0.25) is 4.79 Å². The largest absolute Gasteiger partial charge is 0.394 e. The molecule has 3 rings (SSSR count). The number of hydrogen-bond acceptors (Lipinski definition) is 4. The average Bonchev–Trinajstić information content (AvgIpc) is 2.62. The maximum absolute atomic E-state index is 13.7. The molecule has 1 heterocycles. The van der Waals surface area contributed by atoms with Gasteiger partial charge in [-0.15, -0.1) is 0 Å². The van der Waals surface area contributed by atoms with Crippen molar-refractivity contribution in [3.05, 3.63) is 59.9 Å². The topological polar surface area (TPSA) is 73.6 Å². The van der Waals surface area contributed by atoms with Gasteiger partial charge in [0.15, 0.2) is 0 Å². The smallest absolute Gasteiger partial charge is 0.249 e. The van der Waals surface area contributed by atoms with Crippen molar-refractivity contribution in [3.8, 4) is 17.2 Å². The van der Waals surface area contributed by atoms with Crippen LogP contribution in [0.2, 0.25) is 0 Å². The molecule has 0 spiro atoms. The summed E-state index contributed by atoms with van der Waals surface area (Å²) in [5.74, 6) is -1.04. The minimum Gasteiger partial charge on any atom is -0.394 e. The van der Waals surface area contributed by atoms with Crippen molar-refractivity contribution in [3.63, 3.8) is 0 Å². The maximum atomic E-state index is 13.7. The fourth-order valence-electron chi connectivity index (χ4n) is 3.63. The van der Waals surface area contributed by atoms with Gasteiger partial charge in [0.05, 0.1) is 18.7 Å². The standard InChI is InChI=1S/C20H19FN2O3/c1-26-12-19(25)23-17(10-22)20(18(23)11-24)16-8-3-2-7-15(16)13-5-4-6-14(21)9-13/h2-9,17-18,20,24H,11-12H2,1H3/t17-,18-,20+/m1/s1. The number of carbonyl (C=O) groups is 1. The number of amides is 1. The monoisotopic (exact) mass is 354 g/mol. The molecule has 6 heteroatoms. The van der Waals surface area contributed by atoms with Crippen LogP contribution in [-0.2, 0) is 9.53 Å². The summed E-state index contributed by atoms with van der Waals surface area (Å²) in [6, 6.07) is 14.5. The minimum absolute atomic E-state index is 0.146. The Bertz CT molecular complexity index is 849. The number of methoxy groups -OCH3 is 1. The Kier molecular flexibility index (Phi) is 5.31. The molecule has 26 heavy (non-hydrogen) atoms. The number of halogens is 1. The zero-order chi connectivity index (χ0) is 18.7. The normalized spacial score (nSPS) is 21.8. The zero-order valence-corrected chi connectivity index (χ0v) is 14.3. The molecule has 1 fully saturated rings. The first-order valence-corrected chi connectivity index (χ1v) is 8.27. The number of aliphatic hydroxyl groups excluding tert-OH is 1. The summed E-state index contributed by atoms with van der Waals surface area (Å²) >= 11 is 0. The van der Waals surface area contributed by atoms with E-state index in [2.05, 4.69) is 6.07 Å². The van der Waals surface area contributed by atoms with Crippen LogP contribution in [0.25, 0.3) is 11.1 Å². The highest BCUT2D eigenvalue weighted by molar-refractivity contribution is 5.81. The molecule has 0 aromatic heterocycles. The van der Waals surface area contributed by atoms with Crippen LogP contribution in [0.15, 0.2) is 48.5 Å². The first kappa shape index (κ1) is 18.1. The summed E-state index contributed by atoms with van der Waals surface area (Å²) in [5, 5.41) is 19.4. The second kappa shape index (κ2) is 7.65. The molecule has 3 atom stereocenters. The predicted molar refractivity (Wildman–Crippen MR) is 93.6 cm³/mol. The molecule has 134 valence electrons. The van der Waals surface area contributed by atoms with Crippen molar-refractivity contribution < 1.29 is 19.0 Å². The van der Waals surface area contributed by atoms with Gasteiger partial charge >= 0.3 is 0 Å². The van der Waals surface area contributed by atoms with Crippen molar-refractivity contribution in [1.29, 1.82) is 5.26 Å². The maximum Gasteiger partial charge on any atom is 0.249 e. The number of hydrogen-bond donors (Lipinski definition) is 1. The van der Waals surface area contributed by atoms with Gasteiger partial charge in [-0.2, -0.15) is 5.26 Å². The van der Waals surface area contributed by atoms with E-state index in [1.54, 1.807) is 12.1 Å². The Morgan fingerprint density at radius 1 is 1.31 bits per heavy atom. The molecule has 5 nitrogen and oxygen atoms in total. The van der Waals surface area contributed by atoms with E-state index in [1.165, 1.54) is 24.1 Å². The van der Waals surface area contributed by atoms with E-state index in [0.717, 1.165) is 11.1 Å². The van der Waals surface area contributed by atoms with Crippen LogP contribution in [0.1, 0.15) is 11.5 Å². The number of likely N-dealkylation sites (tertiary alicyclic amines) is 1. The highest BCUT2D eigenvalue weighted by Gasteiger charge is 2.52. The molecule has 1 aliphatic heterocycles. The number of carbonyl (C=O) groups excluding carboxylic acids is 1. The molecule has 0 aliphatic carbocycles. The van der Waals surface area contributed by atoms with Gasteiger partial charge in [-0.25, -0.2) is 4.39 Å². The van der Waals surface area contributed by atoms with Crippen molar-refractivity contribution in [2.24, 2.45) is 0 Å². The number of aliphatic hydroxyl groups is 1. The van der Waals surface area contributed by atoms with Crippen LogP contribution in [0.5, 0.6) is 0 Å². The van der Waals surface area contributed by atoms with Gasteiger partial charge in [0.1, 0.15) is 18.5 Å². The van der Waals surface area contributed by atoms with Crippen LogP contribution < -0.4 is 0 Å². The third-order valence-electron chi connectivity index (χ3n) is 4.74. The first-order chi connectivity index (χ1) is 12.6. The lowest BCUT2D eigenvalue weighted by atomic mass is 9.73. The quantitative estimate of drug-likeness (QED) is 0.894. The Balaban J connectivity index is 2.01. The van der Waals surface area contributed by atoms with Gasteiger partial charge in [0.2, 0.25) is 5.91 Å². The van der Waals surface area contributed by atoms with E-state index in [1.807, 2.05) is 24.3 Å². The van der Waals surface area contributed by atoms with Crippen LogP contribution in [0.3, 0.4) is 0 Å². The zero-order valence-electron chi connectivity index (χ0n) is 14.3. The predicted octanol–water partition coefficient (Wildman–Crippen LogP) is 2.32. The summed E-state index contributed by atoms with van der Waals surface area (Å²) in [5.41, 5.74) is 2.29. The lowest BCUT2D eigenvalue weighted by molar-refractivity contribution is -0.150. The SMILES string of the molecule is COCC(=O)N1[C@H](C#N)[C@H](c2ccccc2-c2cccc(F)c2)[C@H]1CO. The van der Waals surface area contributed by atoms with Crippen LogP contribution in [0.4, 0.5) is 4.39 Å². The van der Waals surface area contributed by atoms with Gasteiger partial charge in [0, 0.05) is 13.0 Å². The van der Waals surface area contributed by atoms with E-state index in [0.29, 0.717) is 5.56 Å². The molecule has 1 N–H and O–H groups in total. The van der Waals surface area contributed by atoms with Crippen molar-refractivity contribution in [2.75, 3.05) is 20.3 Å². The van der Waals surface area contributed by atoms with E-state index in [9.17, 15) is 19.6 Å². The third kappa shape index (κ3) is 3.07. The molecule has 1 amide bonds. The molecule has 1 saturated heterocycles. The third-order valence-corrected chi connectivity index (χ3v) is 4.74. The number of rotatable bonds is 5. The molecule has 2 aromatic carbocycles. The summed E-state index contributed by atoms with van der Waals surface area (Å²) in [4.78, 5) is 13.6. The van der Waals surface area contributed by atoms with E-state index in [4.69, 9.17) is 4.74 Å². The molecule has 0 unspecified atom stereocenters. The van der Waals surface area contributed by atoms with Crippen molar-refractivity contribution in [1.82, 2.24) is 4.90 Å². The van der Waals surface area contributed by atoms with Crippen molar-refractivity contribution in [2.45, 2.75) is 18.0 Å². The van der Waals surface area contributed by atoms with Crippen LogP contribution in [0, 0.1) is 17.1 Å². The number of benzene rings is 2. The van der Waals surface area contributed by atoms with E-state index >= 15 is 0 Å². The van der Waals surface area contributed by atoms with Gasteiger partial charge < -0.3 is 14.7 Å². The molecule has 1 aliphatic rings. The van der Waals surface area contributed by atoms with E-state index < -0.39 is 12.1 Å².